The predicted octanol–water partition coefficient (Wildman–Crippen LogP) is 0.876. The lowest BCUT2D eigenvalue weighted by atomic mass is 10.2. The average Bonchev–Trinajstić information content (AvgIpc) is 2.70. The molecule has 2 heterocycles. The van der Waals surface area contributed by atoms with Gasteiger partial charge in [0.15, 0.2) is 0 Å². The molecule has 0 radical (unpaired) electrons. The zero-order valence-electron chi connectivity index (χ0n) is 11.1. The van der Waals surface area contributed by atoms with Gasteiger partial charge in [-0.3, -0.25) is 4.90 Å². The van der Waals surface area contributed by atoms with Gasteiger partial charge in [0.25, 0.3) is 0 Å². The molecule has 18 heavy (non-hydrogen) atoms. The molecule has 1 fully saturated rings. The molecule has 1 aromatic heterocycles. The van der Waals surface area contributed by atoms with Crippen molar-refractivity contribution in [3.8, 4) is 0 Å². The predicted molar refractivity (Wildman–Crippen MR) is 69.2 cm³/mol. The first-order valence-corrected chi connectivity index (χ1v) is 6.69. The summed E-state index contributed by atoms with van der Waals surface area (Å²) in [5.74, 6) is 1.09. The number of hydrogen-bond donors (Lipinski definition) is 1. The Hall–Kier alpha value is -0.910. The molecule has 0 unspecified atom stereocenters. The van der Waals surface area contributed by atoms with E-state index in [1.165, 1.54) is 0 Å². The zero-order valence-corrected chi connectivity index (χ0v) is 11.1. The van der Waals surface area contributed by atoms with Crippen molar-refractivity contribution in [1.29, 1.82) is 0 Å². The van der Waals surface area contributed by atoms with Gasteiger partial charge >= 0.3 is 0 Å². The summed E-state index contributed by atoms with van der Waals surface area (Å²) in [5, 5.41) is 9.64. The van der Waals surface area contributed by atoms with Gasteiger partial charge < -0.3 is 14.4 Å². The van der Waals surface area contributed by atoms with Crippen LogP contribution in [0, 0.1) is 0 Å². The number of imidazole rings is 1. The molecule has 1 N–H and O–H groups in total. The van der Waals surface area contributed by atoms with Crippen molar-refractivity contribution in [2.45, 2.75) is 38.5 Å². The van der Waals surface area contributed by atoms with E-state index in [4.69, 9.17) is 4.74 Å². The summed E-state index contributed by atoms with van der Waals surface area (Å²) in [4.78, 5) is 6.79. The second-order valence-corrected chi connectivity index (χ2v) is 4.89. The number of aliphatic hydroxyl groups is 1. The van der Waals surface area contributed by atoms with Crippen molar-refractivity contribution in [3.63, 3.8) is 0 Å². The Morgan fingerprint density at radius 3 is 3.17 bits per heavy atom. The van der Waals surface area contributed by atoms with Gasteiger partial charge in [-0.25, -0.2) is 4.98 Å². The highest BCUT2D eigenvalue weighted by Crippen LogP contribution is 2.13. The Bertz CT molecular complexity index is 354. The minimum absolute atomic E-state index is 0.122. The van der Waals surface area contributed by atoms with Crippen molar-refractivity contribution < 1.29 is 9.84 Å². The number of aromatic nitrogens is 2. The van der Waals surface area contributed by atoms with E-state index in [1.807, 2.05) is 12.4 Å². The van der Waals surface area contributed by atoms with E-state index in [2.05, 4.69) is 14.5 Å². The second-order valence-electron chi connectivity index (χ2n) is 4.89. The van der Waals surface area contributed by atoms with Crippen molar-refractivity contribution in [2.24, 2.45) is 0 Å². The number of likely N-dealkylation sites (tertiary alicyclic amines) is 1. The maximum Gasteiger partial charge on any atom is 0.122 e. The van der Waals surface area contributed by atoms with E-state index in [1.54, 1.807) is 7.11 Å². The third-order valence-electron chi connectivity index (χ3n) is 3.49. The summed E-state index contributed by atoms with van der Waals surface area (Å²) in [6, 6.07) is 0. The van der Waals surface area contributed by atoms with Gasteiger partial charge in [0.1, 0.15) is 5.82 Å². The van der Waals surface area contributed by atoms with Crippen LogP contribution in [0.4, 0.5) is 0 Å². The fourth-order valence-corrected chi connectivity index (χ4v) is 2.38. The molecular formula is C13H23N3O2. The van der Waals surface area contributed by atoms with Crippen LogP contribution < -0.4 is 0 Å². The molecule has 0 aliphatic carbocycles. The number of ether oxygens (including phenoxy) is 1. The summed E-state index contributed by atoms with van der Waals surface area (Å²) in [7, 11) is 1.72. The van der Waals surface area contributed by atoms with Crippen LogP contribution in [-0.2, 0) is 17.8 Å². The Morgan fingerprint density at radius 2 is 2.33 bits per heavy atom. The number of methoxy groups -OCH3 is 1. The number of nitrogens with zero attached hydrogens (tertiary/aromatic N) is 3. The second kappa shape index (κ2) is 6.87. The molecule has 5 nitrogen and oxygen atoms in total. The summed E-state index contributed by atoms with van der Waals surface area (Å²) >= 11 is 0. The van der Waals surface area contributed by atoms with Gasteiger partial charge in [0, 0.05) is 32.6 Å². The van der Waals surface area contributed by atoms with Crippen LogP contribution in [0.15, 0.2) is 12.4 Å². The molecule has 1 aromatic rings. The van der Waals surface area contributed by atoms with Gasteiger partial charge in [0.05, 0.1) is 19.3 Å². The fraction of sp³-hybridized carbons (Fsp3) is 0.769. The van der Waals surface area contributed by atoms with Crippen molar-refractivity contribution in [2.75, 3.05) is 26.8 Å². The van der Waals surface area contributed by atoms with Gasteiger partial charge in [-0.15, -0.1) is 0 Å². The lowest BCUT2D eigenvalue weighted by molar-refractivity contribution is 0.154. The Labute approximate surface area is 108 Å². The molecule has 1 saturated heterocycles. The molecule has 0 amide bonds. The van der Waals surface area contributed by atoms with Gasteiger partial charge in [0.2, 0.25) is 0 Å². The van der Waals surface area contributed by atoms with Gasteiger partial charge in [-0.1, -0.05) is 0 Å². The van der Waals surface area contributed by atoms with E-state index in [9.17, 15) is 5.11 Å². The van der Waals surface area contributed by atoms with Crippen molar-refractivity contribution >= 4 is 0 Å². The molecule has 5 heteroatoms. The Kier molecular flexibility index (Phi) is 5.16. The summed E-state index contributed by atoms with van der Waals surface area (Å²) in [5.41, 5.74) is 0. The zero-order chi connectivity index (χ0) is 12.8. The topological polar surface area (TPSA) is 50.5 Å². The Morgan fingerprint density at radius 1 is 1.44 bits per heavy atom. The van der Waals surface area contributed by atoms with E-state index < -0.39 is 0 Å². The Balaban J connectivity index is 1.90. The van der Waals surface area contributed by atoms with Crippen LogP contribution in [0.1, 0.15) is 25.1 Å². The SMILES string of the molecule is COCCn1ccnc1CN1CCC[C@H](O)CC1. The minimum Gasteiger partial charge on any atom is -0.393 e. The van der Waals surface area contributed by atoms with Crippen LogP contribution in [0.5, 0.6) is 0 Å². The molecule has 1 aliphatic heterocycles. The highest BCUT2D eigenvalue weighted by molar-refractivity contribution is 4.92. The molecule has 0 spiro atoms. The van der Waals surface area contributed by atoms with E-state index in [0.29, 0.717) is 6.61 Å². The number of aliphatic hydroxyl groups excluding tert-OH is 1. The van der Waals surface area contributed by atoms with Crippen LogP contribution in [0.25, 0.3) is 0 Å². The lowest BCUT2D eigenvalue weighted by Gasteiger charge is -2.20. The van der Waals surface area contributed by atoms with Crippen LogP contribution in [-0.4, -0.2) is 52.5 Å². The maximum absolute atomic E-state index is 9.64. The third kappa shape index (κ3) is 3.80. The van der Waals surface area contributed by atoms with E-state index in [-0.39, 0.29) is 6.10 Å². The first-order chi connectivity index (χ1) is 8.79. The molecule has 0 aromatic carbocycles. The normalized spacial score (nSPS) is 22.0. The first-order valence-electron chi connectivity index (χ1n) is 6.69. The van der Waals surface area contributed by atoms with Gasteiger partial charge in [-0.2, -0.15) is 0 Å². The molecule has 102 valence electrons. The largest absolute Gasteiger partial charge is 0.393 e. The highest BCUT2D eigenvalue weighted by atomic mass is 16.5. The summed E-state index contributed by atoms with van der Waals surface area (Å²) < 4.78 is 7.24. The molecule has 2 rings (SSSR count). The first kappa shape index (κ1) is 13.5. The highest BCUT2D eigenvalue weighted by Gasteiger charge is 2.16. The molecule has 0 saturated carbocycles. The molecule has 0 bridgehead atoms. The smallest absolute Gasteiger partial charge is 0.122 e. The van der Waals surface area contributed by atoms with Crippen molar-refractivity contribution in [1.82, 2.24) is 14.5 Å². The van der Waals surface area contributed by atoms with Crippen molar-refractivity contribution in [3.05, 3.63) is 18.2 Å². The standard InChI is InChI=1S/C13H23N3O2/c1-18-10-9-16-8-5-14-13(16)11-15-6-2-3-12(17)4-7-15/h5,8,12,17H,2-4,6-7,9-11H2,1H3/t12-/m0/s1. The average molecular weight is 253 g/mol. The summed E-state index contributed by atoms with van der Waals surface area (Å²) in [6.45, 7) is 4.43. The van der Waals surface area contributed by atoms with Crippen LogP contribution >= 0.6 is 0 Å². The van der Waals surface area contributed by atoms with Gasteiger partial charge in [-0.05, 0) is 25.8 Å². The molecular weight excluding hydrogens is 230 g/mol. The monoisotopic (exact) mass is 253 g/mol. The van der Waals surface area contributed by atoms with Crippen LogP contribution in [0.2, 0.25) is 0 Å². The van der Waals surface area contributed by atoms with Crippen LogP contribution in [0.3, 0.4) is 0 Å². The minimum atomic E-state index is -0.122. The molecule has 1 aliphatic rings. The lowest BCUT2D eigenvalue weighted by Crippen LogP contribution is -2.26. The van der Waals surface area contributed by atoms with E-state index in [0.717, 1.165) is 51.3 Å². The van der Waals surface area contributed by atoms with E-state index >= 15 is 0 Å². The third-order valence-corrected chi connectivity index (χ3v) is 3.49. The quantitative estimate of drug-likeness (QED) is 0.846. The molecule has 1 atom stereocenters. The number of rotatable bonds is 5. The summed E-state index contributed by atoms with van der Waals surface area (Å²) in [6.07, 6.45) is 6.59. The fourth-order valence-electron chi connectivity index (χ4n) is 2.38. The maximum atomic E-state index is 9.64. The number of hydrogen-bond acceptors (Lipinski definition) is 4.